The molecule has 1 aromatic carbocycles. The van der Waals surface area contributed by atoms with Gasteiger partial charge in [0.05, 0.1) is 0 Å². The van der Waals surface area contributed by atoms with E-state index in [9.17, 15) is 4.79 Å². The molecule has 2 aromatic rings. The highest BCUT2D eigenvalue weighted by molar-refractivity contribution is 7.99. The van der Waals surface area contributed by atoms with E-state index >= 15 is 0 Å². The maximum absolute atomic E-state index is 12.2. The number of benzene rings is 1. The summed E-state index contributed by atoms with van der Waals surface area (Å²) >= 11 is 1.89. The normalized spacial score (nSPS) is 12.5. The average molecular weight is 291 g/mol. The first kappa shape index (κ1) is 14.8. The first-order valence-electron chi connectivity index (χ1n) is 6.87. The lowest BCUT2D eigenvalue weighted by atomic mass is 10.2. The Morgan fingerprint density at radius 2 is 2.25 bits per heavy atom. The van der Waals surface area contributed by atoms with Crippen LogP contribution in [0.15, 0.2) is 24.3 Å². The Morgan fingerprint density at radius 1 is 1.45 bits per heavy atom. The molecule has 0 fully saturated rings. The van der Waals surface area contributed by atoms with Gasteiger partial charge in [-0.15, -0.1) is 0 Å². The van der Waals surface area contributed by atoms with Crippen molar-refractivity contribution in [2.75, 3.05) is 17.2 Å². The van der Waals surface area contributed by atoms with Crippen molar-refractivity contribution < 1.29 is 4.79 Å². The van der Waals surface area contributed by atoms with Crippen molar-refractivity contribution in [1.82, 2.24) is 10.3 Å². The van der Waals surface area contributed by atoms with Crippen molar-refractivity contribution >= 4 is 34.3 Å². The zero-order valence-electron chi connectivity index (χ0n) is 11.9. The lowest BCUT2D eigenvalue weighted by molar-refractivity contribution is 0.0935. The lowest BCUT2D eigenvalue weighted by Crippen LogP contribution is -2.33. The minimum absolute atomic E-state index is 0.0613. The monoisotopic (exact) mass is 291 g/mol. The van der Waals surface area contributed by atoms with Crippen molar-refractivity contribution in [1.29, 1.82) is 0 Å². The van der Waals surface area contributed by atoms with Gasteiger partial charge in [0.15, 0.2) is 0 Å². The summed E-state index contributed by atoms with van der Waals surface area (Å²) in [6.07, 6.45) is 0.984. The molecule has 0 saturated carbocycles. The third kappa shape index (κ3) is 3.70. The van der Waals surface area contributed by atoms with Crippen LogP contribution in [0, 0.1) is 0 Å². The summed E-state index contributed by atoms with van der Waals surface area (Å²) < 4.78 is 0. The van der Waals surface area contributed by atoms with Gasteiger partial charge in [0.25, 0.3) is 5.91 Å². The largest absolute Gasteiger partial charge is 0.399 e. The molecule has 0 radical (unpaired) electrons. The highest BCUT2D eigenvalue weighted by Gasteiger charge is 2.12. The van der Waals surface area contributed by atoms with Crippen LogP contribution in [0.4, 0.5) is 5.69 Å². The fourth-order valence-electron chi connectivity index (χ4n) is 2.05. The molecule has 1 atom stereocenters. The van der Waals surface area contributed by atoms with Crippen LogP contribution in [-0.4, -0.2) is 28.4 Å². The lowest BCUT2D eigenvalue weighted by Gasteiger charge is -2.12. The highest BCUT2D eigenvalue weighted by atomic mass is 32.2. The smallest absolute Gasteiger partial charge is 0.267 e. The number of H-pyrrole nitrogens is 1. The van der Waals surface area contributed by atoms with E-state index in [1.54, 1.807) is 0 Å². The Kier molecular flexibility index (Phi) is 4.95. The third-order valence-electron chi connectivity index (χ3n) is 3.17. The van der Waals surface area contributed by atoms with E-state index in [-0.39, 0.29) is 11.9 Å². The van der Waals surface area contributed by atoms with Crippen LogP contribution in [0.25, 0.3) is 10.9 Å². The van der Waals surface area contributed by atoms with Crippen LogP contribution in [0.3, 0.4) is 0 Å². The molecule has 5 heteroatoms. The molecule has 2 rings (SSSR count). The van der Waals surface area contributed by atoms with Crippen LogP contribution < -0.4 is 11.1 Å². The predicted molar refractivity (Wildman–Crippen MR) is 87.3 cm³/mol. The molecule has 0 saturated heterocycles. The van der Waals surface area contributed by atoms with E-state index in [1.807, 2.05) is 43.0 Å². The first-order valence-corrected chi connectivity index (χ1v) is 8.02. The standard InChI is InChI=1S/C15H21N3OS/c1-3-20-7-6-10(2)17-15(19)14-9-11-8-12(16)4-5-13(11)18-14/h4-5,8-10,18H,3,6-7,16H2,1-2H3,(H,17,19). The predicted octanol–water partition coefficient (Wildman–Crippen LogP) is 3.01. The fraction of sp³-hybridized carbons (Fsp3) is 0.400. The second-order valence-electron chi connectivity index (χ2n) is 4.89. The van der Waals surface area contributed by atoms with E-state index in [2.05, 4.69) is 17.2 Å². The molecule has 108 valence electrons. The van der Waals surface area contributed by atoms with Gasteiger partial charge in [-0.25, -0.2) is 0 Å². The summed E-state index contributed by atoms with van der Waals surface area (Å²) in [6.45, 7) is 4.18. The SMILES string of the molecule is CCSCCC(C)NC(=O)c1cc2cc(N)ccc2[nH]1. The molecule has 0 bridgehead atoms. The van der Waals surface area contributed by atoms with E-state index in [4.69, 9.17) is 5.73 Å². The number of rotatable bonds is 6. The van der Waals surface area contributed by atoms with Gasteiger partial charge in [0.2, 0.25) is 0 Å². The van der Waals surface area contributed by atoms with Gasteiger partial charge in [-0.1, -0.05) is 6.92 Å². The number of carbonyl (C=O) groups excluding carboxylic acids is 1. The summed E-state index contributed by atoms with van der Waals surface area (Å²) in [4.78, 5) is 15.3. The first-order chi connectivity index (χ1) is 9.60. The van der Waals surface area contributed by atoms with Gasteiger partial charge >= 0.3 is 0 Å². The molecular weight excluding hydrogens is 270 g/mol. The number of hydrogen-bond acceptors (Lipinski definition) is 3. The van der Waals surface area contributed by atoms with Crippen LogP contribution in [-0.2, 0) is 0 Å². The Balaban J connectivity index is 2.00. The van der Waals surface area contributed by atoms with E-state index in [0.29, 0.717) is 11.4 Å². The highest BCUT2D eigenvalue weighted by Crippen LogP contribution is 2.18. The second-order valence-corrected chi connectivity index (χ2v) is 6.28. The van der Waals surface area contributed by atoms with Crippen LogP contribution >= 0.6 is 11.8 Å². The number of anilines is 1. The molecule has 0 aliphatic heterocycles. The molecule has 1 unspecified atom stereocenters. The number of thioether (sulfide) groups is 1. The third-order valence-corrected chi connectivity index (χ3v) is 4.10. The fourth-order valence-corrected chi connectivity index (χ4v) is 2.86. The van der Waals surface area contributed by atoms with Gasteiger partial charge in [-0.05, 0) is 49.1 Å². The zero-order valence-corrected chi connectivity index (χ0v) is 12.7. The van der Waals surface area contributed by atoms with E-state index in [1.165, 1.54) is 0 Å². The number of nitrogen functional groups attached to an aromatic ring is 1. The van der Waals surface area contributed by atoms with Crippen LogP contribution in [0.1, 0.15) is 30.8 Å². The van der Waals surface area contributed by atoms with Crippen molar-refractivity contribution in [2.24, 2.45) is 0 Å². The molecule has 20 heavy (non-hydrogen) atoms. The van der Waals surface area contributed by atoms with E-state index < -0.39 is 0 Å². The van der Waals surface area contributed by atoms with Crippen molar-refractivity contribution in [3.8, 4) is 0 Å². The van der Waals surface area contributed by atoms with Crippen molar-refractivity contribution in [3.63, 3.8) is 0 Å². The average Bonchev–Trinajstić information content (AvgIpc) is 2.82. The number of aromatic amines is 1. The van der Waals surface area contributed by atoms with Crippen molar-refractivity contribution in [3.05, 3.63) is 30.0 Å². The van der Waals surface area contributed by atoms with Crippen LogP contribution in [0.2, 0.25) is 0 Å². The molecule has 0 aliphatic rings. The Bertz CT molecular complexity index is 594. The van der Waals surface area contributed by atoms with Gasteiger partial charge < -0.3 is 16.0 Å². The molecule has 1 amide bonds. The maximum atomic E-state index is 12.2. The quantitative estimate of drug-likeness (QED) is 0.566. The Labute approximate surface area is 123 Å². The van der Waals surface area contributed by atoms with Crippen LogP contribution in [0.5, 0.6) is 0 Å². The second kappa shape index (κ2) is 6.70. The number of nitrogens with two attached hydrogens (primary N) is 1. The molecule has 4 nitrogen and oxygen atoms in total. The zero-order chi connectivity index (χ0) is 14.5. The number of amides is 1. The van der Waals surface area contributed by atoms with Gasteiger partial charge in [-0.2, -0.15) is 11.8 Å². The number of nitrogens with one attached hydrogen (secondary N) is 2. The minimum atomic E-state index is -0.0613. The summed E-state index contributed by atoms with van der Waals surface area (Å²) in [5.74, 6) is 2.12. The summed E-state index contributed by atoms with van der Waals surface area (Å²) in [5.41, 5.74) is 7.96. The Hall–Kier alpha value is -1.62. The van der Waals surface area contributed by atoms with Crippen molar-refractivity contribution in [2.45, 2.75) is 26.3 Å². The minimum Gasteiger partial charge on any atom is -0.399 e. The summed E-state index contributed by atoms with van der Waals surface area (Å²) in [6, 6.07) is 7.60. The molecule has 4 N–H and O–H groups in total. The van der Waals surface area contributed by atoms with Gasteiger partial charge in [-0.3, -0.25) is 4.79 Å². The van der Waals surface area contributed by atoms with Gasteiger partial charge in [0, 0.05) is 22.6 Å². The number of fused-ring (bicyclic) bond motifs is 1. The molecule has 0 spiro atoms. The molecular formula is C15H21N3OS. The molecule has 1 heterocycles. The Morgan fingerprint density at radius 3 is 3.00 bits per heavy atom. The molecule has 0 aliphatic carbocycles. The summed E-state index contributed by atoms with van der Waals surface area (Å²) in [5, 5.41) is 3.98. The topological polar surface area (TPSA) is 70.9 Å². The number of hydrogen-bond donors (Lipinski definition) is 3. The summed E-state index contributed by atoms with van der Waals surface area (Å²) in [7, 11) is 0. The molecule has 1 aromatic heterocycles. The number of aromatic nitrogens is 1. The van der Waals surface area contributed by atoms with Gasteiger partial charge in [0.1, 0.15) is 5.69 Å². The number of carbonyl (C=O) groups is 1. The van der Waals surface area contributed by atoms with E-state index in [0.717, 1.165) is 28.8 Å². The maximum Gasteiger partial charge on any atom is 0.267 e.